The summed E-state index contributed by atoms with van der Waals surface area (Å²) in [5.41, 5.74) is -0.987. The summed E-state index contributed by atoms with van der Waals surface area (Å²) in [6.07, 6.45) is 6.25. The first kappa shape index (κ1) is 12.6. The second kappa shape index (κ2) is 4.80. The monoisotopic (exact) mass is 251 g/mol. The molecule has 0 aromatic carbocycles. The SMILES string of the molecule is Cn1ccnc(NCC2(C(=O)O)CCCC2)c1=O. The summed E-state index contributed by atoms with van der Waals surface area (Å²) < 4.78 is 1.41. The van der Waals surface area contributed by atoms with Crippen LogP contribution in [0.1, 0.15) is 25.7 Å². The zero-order valence-corrected chi connectivity index (χ0v) is 10.3. The van der Waals surface area contributed by atoms with Crippen molar-refractivity contribution < 1.29 is 9.90 Å². The number of nitrogens with one attached hydrogen (secondary N) is 1. The third kappa shape index (κ3) is 2.23. The van der Waals surface area contributed by atoms with Crippen molar-refractivity contribution in [1.29, 1.82) is 0 Å². The molecule has 0 atom stereocenters. The number of aromatic nitrogens is 2. The van der Waals surface area contributed by atoms with E-state index in [4.69, 9.17) is 0 Å². The maximum Gasteiger partial charge on any atom is 0.311 e. The number of rotatable bonds is 4. The number of anilines is 1. The van der Waals surface area contributed by atoms with Gasteiger partial charge in [-0.15, -0.1) is 0 Å². The summed E-state index contributed by atoms with van der Waals surface area (Å²) >= 11 is 0. The Balaban J connectivity index is 2.13. The highest BCUT2D eigenvalue weighted by Gasteiger charge is 2.41. The Morgan fingerprint density at radius 1 is 1.56 bits per heavy atom. The summed E-state index contributed by atoms with van der Waals surface area (Å²) in [5.74, 6) is -0.576. The number of aliphatic carboxylic acids is 1. The van der Waals surface area contributed by atoms with Crippen LogP contribution in [0.5, 0.6) is 0 Å². The summed E-state index contributed by atoms with van der Waals surface area (Å²) in [6.45, 7) is 0.259. The standard InChI is InChI=1S/C12H17N3O3/c1-15-7-6-13-9(10(15)16)14-8-12(11(17)18)4-2-3-5-12/h6-7H,2-5,8H2,1H3,(H,13,14)(H,17,18). The van der Waals surface area contributed by atoms with Gasteiger partial charge in [0.05, 0.1) is 5.41 Å². The molecule has 0 saturated heterocycles. The molecule has 2 rings (SSSR count). The van der Waals surface area contributed by atoms with Gasteiger partial charge in [0.25, 0.3) is 5.56 Å². The molecule has 2 N–H and O–H groups in total. The summed E-state index contributed by atoms with van der Waals surface area (Å²) in [4.78, 5) is 27.0. The van der Waals surface area contributed by atoms with Crippen LogP contribution < -0.4 is 10.9 Å². The number of carboxylic acids is 1. The molecule has 98 valence electrons. The third-order valence-corrected chi connectivity index (χ3v) is 3.63. The number of aryl methyl sites for hydroxylation is 1. The minimum atomic E-state index is -0.791. The maximum atomic E-state index is 11.7. The predicted molar refractivity (Wildman–Crippen MR) is 66.5 cm³/mol. The fourth-order valence-corrected chi connectivity index (χ4v) is 2.39. The molecule has 1 saturated carbocycles. The van der Waals surface area contributed by atoms with Crippen LogP contribution in [-0.2, 0) is 11.8 Å². The Labute approximate surface area is 105 Å². The number of carboxylic acid groups (broad SMARTS) is 1. The average molecular weight is 251 g/mol. The highest BCUT2D eigenvalue weighted by Crippen LogP contribution is 2.38. The van der Waals surface area contributed by atoms with Crippen LogP contribution in [0.2, 0.25) is 0 Å². The van der Waals surface area contributed by atoms with E-state index in [9.17, 15) is 14.7 Å². The van der Waals surface area contributed by atoms with E-state index in [0.717, 1.165) is 12.8 Å². The van der Waals surface area contributed by atoms with Crippen molar-refractivity contribution in [1.82, 2.24) is 9.55 Å². The third-order valence-electron chi connectivity index (χ3n) is 3.63. The fraction of sp³-hybridized carbons (Fsp3) is 0.583. The second-order valence-electron chi connectivity index (χ2n) is 4.84. The van der Waals surface area contributed by atoms with E-state index in [1.54, 1.807) is 13.2 Å². The first-order valence-corrected chi connectivity index (χ1v) is 6.04. The van der Waals surface area contributed by atoms with Crippen LogP contribution in [0.25, 0.3) is 0 Å². The van der Waals surface area contributed by atoms with E-state index in [-0.39, 0.29) is 17.9 Å². The van der Waals surface area contributed by atoms with E-state index in [1.807, 2.05) is 0 Å². The van der Waals surface area contributed by atoms with Crippen molar-refractivity contribution in [3.05, 3.63) is 22.7 Å². The summed E-state index contributed by atoms with van der Waals surface area (Å²) in [5, 5.41) is 12.2. The zero-order chi connectivity index (χ0) is 13.2. The topological polar surface area (TPSA) is 84.2 Å². The van der Waals surface area contributed by atoms with Gasteiger partial charge in [0.2, 0.25) is 0 Å². The van der Waals surface area contributed by atoms with E-state index < -0.39 is 11.4 Å². The van der Waals surface area contributed by atoms with Gasteiger partial charge in [-0.05, 0) is 12.8 Å². The van der Waals surface area contributed by atoms with E-state index >= 15 is 0 Å². The summed E-state index contributed by atoms with van der Waals surface area (Å²) in [6, 6.07) is 0. The van der Waals surface area contributed by atoms with Crippen molar-refractivity contribution in [2.75, 3.05) is 11.9 Å². The first-order chi connectivity index (χ1) is 8.55. The Bertz CT molecular complexity index is 504. The lowest BCUT2D eigenvalue weighted by atomic mass is 9.86. The van der Waals surface area contributed by atoms with Gasteiger partial charge in [0.1, 0.15) is 0 Å². The van der Waals surface area contributed by atoms with Crippen molar-refractivity contribution in [2.24, 2.45) is 12.5 Å². The predicted octanol–water partition coefficient (Wildman–Crippen LogP) is 0.837. The minimum absolute atomic E-state index is 0.215. The molecule has 1 fully saturated rings. The van der Waals surface area contributed by atoms with Crippen LogP contribution in [0.3, 0.4) is 0 Å². The molecule has 0 amide bonds. The van der Waals surface area contributed by atoms with E-state index in [0.29, 0.717) is 12.8 Å². The molecule has 1 aliphatic rings. The number of hydrogen-bond donors (Lipinski definition) is 2. The fourth-order valence-electron chi connectivity index (χ4n) is 2.39. The normalized spacial score (nSPS) is 17.6. The molecule has 1 heterocycles. The van der Waals surface area contributed by atoms with Gasteiger partial charge in [0.15, 0.2) is 5.82 Å². The Morgan fingerprint density at radius 3 is 2.83 bits per heavy atom. The van der Waals surface area contributed by atoms with Crippen LogP contribution in [0, 0.1) is 5.41 Å². The minimum Gasteiger partial charge on any atom is -0.481 e. The van der Waals surface area contributed by atoms with Gasteiger partial charge in [-0.25, -0.2) is 4.98 Å². The summed E-state index contributed by atoms with van der Waals surface area (Å²) in [7, 11) is 1.64. The van der Waals surface area contributed by atoms with Gasteiger partial charge in [0, 0.05) is 26.0 Å². The Morgan fingerprint density at radius 2 is 2.22 bits per heavy atom. The molecule has 1 aliphatic carbocycles. The van der Waals surface area contributed by atoms with Crippen molar-refractivity contribution in [3.63, 3.8) is 0 Å². The number of carbonyl (C=O) groups is 1. The molecular weight excluding hydrogens is 234 g/mol. The molecule has 0 radical (unpaired) electrons. The van der Waals surface area contributed by atoms with Crippen LogP contribution in [-0.4, -0.2) is 27.2 Å². The molecule has 18 heavy (non-hydrogen) atoms. The van der Waals surface area contributed by atoms with E-state index in [1.165, 1.54) is 10.8 Å². The van der Waals surface area contributed by atoms with Crippen molar-refractivity contribution >= 4 is 11.8 Å². The molecule has 0 aliphatic heterocycles. The number of nitrogens with zero attached hydrogens (tertiary/aromatic N) is 2. The average Bonchev–Trinajstić information content (AvgIpc) is 2.81. The lowest BCUT2D eigenvalue weighted by Gasteiger charge is -2.24. The molecule has 1 aromatic heterocycles. The molecule has 6 heteroatoms. The molecule has 0 bridgehead atoms. The largest absolute Gasteiger partial charge is 0.481 e. The zero-order valence-electron chi connectivity index (χ0n) is 10.3. The highest BCUT2D eigenvalue weighted by molar-refractivity contribution is 5.75. The molecule has 1 aromatic rings. The van der Waals surface area contributed by atoms with Crippen LogP contribution in [0.15, 0.2) is 17.2 Å². The first-order valence-electron chi connectivity index (χ1n) is 6.04. The van der Waals surface area contributed by atoms with Crippen molar-refractivity contribution in [3.8, 4) is 0 Å². The molecule has 6 nitrogen and oxygen atoms in total. The van der Waals surface area contributed by atoms with Gasteiger partial charge < -0.3 is 15.0 Å². The molecule has 0 unspecified atom stereocenters. The van der Waals surface area contributed by atoms with E-state index in [2.05, 4.69) is 10.3 Å². The van der Waals surface area contributed by atoms with Crippen molar-refractivity contribution in [2.45, 2.75) is 25.7 Å². The van der Waals surface area contributed by atoms with Gasteiger partial charge >= 0.3 is 5.97 Å². The van der Waals surface area contributed by atoms with Gasteiger partial charge in [-0.2, -0.15) is 0 Å². The van der Waals surface area contributed by atoms with Gasteiger partial charge in [-0.3, -0.25) is 9.59 Å². The Hall–Kier alpha value is -1.85. The number of hydrogen-bond acceptors (Lipinski definition) is 4. The lowest BCUT2D eigenvalue weighted by molar-refractivity contribution is -0.147. The lowest BCUT2D eigenvalue weighted by Crippen LogP contribution is -2.37. The smallest absolute Gasteiger partial charge is 0.311 e. The highest BCUT2D eigenvalue weighted by atomic mass is 16.4. The van der Waals surface area contributed by atoms with Crippen LogP contribution in [0.4, 0.5) is 5.82 Å². The van der Waals surface area contributed by atoms with Gasteiger partial charge in [-0.1, -0.05) is 12.8 Å². The molecular formula is C12H17N3O3. The Kier molecular flexibility index (Phi) is 3.36. The quantitative estimate of drug-likeness (QED) is 0.828. The molecule has 0 spiro atoms. The second-order valence-corrected chi connectivity index (χ2v) is 4.84. The van der Waals surface area contributed by atoms with Crippen LogP contribution >= 0.6 is 0 Å². The maximum absolute atomic E-state index is 11.7.